The summed E-state index contributed by atoms with van der Waals surface area (Å²) < 4.78 is 0. The SMILES string of the molecule is C=CC(=C)C.C=CCCC=C. The zero-order valence-electron chi connectivity index (χ0n) is 7.47. The molecule has 0 heterocycles. The zero-order valence-corrected chi connectivity index (χ0v) is 7.47. The van der Waals surface area contributed by atoms with E-state index >= 15 is 0 Å². The van der Waals surface area contributed by atoms with Gasteiger partial charge >= 0.3 is 0 Å². The summed E-state index contributed by atoms with van der Waals surface area (Å²) in [5, 5.41) is 0. The first-order chi connectivity index (χ1) is 5.18. The van der Waals surface area contributed by atoms with E-state index in [1.165, 1.54) is 0 Å². The Morgan fingerprint density at radius 1 is 1.09 bits per heavy atom. The van der Waals surface area contributed by atoms with E-state index < -0.39 is 0 Å². The summed E-state index contributed by atoms with van der Waals surface area (Å²) in [6, 6.07) is 0. The van der Waals surface area contributed by atoms with Gasteiger partial charge in [0, 0.05) is 0 Å². The Balaban J connectivity index is 0. The number of hydrogen-bond donors (Lipinski definition) is 0. The van der Waals surface area contributed by atoms with E-state index in [-0.39, 0.29) is 0 Å². The molecule has 0 aromatic rings. The summed E-state index contributed by atoms with van der Waals surface area (Å²) in [5.41, 5.74) is 1.02. The van der Waals surface area contributed by atoms with Crippen LogP contribution in [0.15, 0.2) is 50.1 Å². The van der Waals surface area contributed by atoms with Crippen LogP contribution >= 0.6 is 0 Å². The molecule has 11 heavy (non-hydrogen) atoms. The molecule has 0 fully saturated rings. The van der Waals surface area contributed by atoms with Crippen LogP contribution < -0.4 is 0 Å². The first-order valence-electron chi connectivity index (χ1n) is 3.68. The molecule has 62 valence electrons. The zero-order chi connectivity index (χ0) is 9.11. The minimum atomic E-state index is 1.02. The van der Waals surface area contributed by atoms with Crippen LogP contribution in [0.2, 0.25) is 0 Å². The largest absolute Gasteiger partial charge is 0.103 e. The smallest absolute Gasteiger partial charge is 0.0319 e. The van der Waals surface area contributed by atoms with Gasteiger partial charge < -0.3 is 0 Å². The molecule has 0 bridgehead atoms. The molecule has 0 rings (SSSR count). The van der Waals surface area contributed by atoms with Crippen LogP contribution in [-0.2, 0) is 0 Å². The van der Waals surface area contributed by atoms with Gasteiger partial charge in [-0.3, -0.25) is 0 Å². The molecule has 0 atom stereocenters. The average Bonchev–Trinajstić information content (AvgIpc) is 2.02. The van der Waals surface area contributed by atoms with Crippen LogP contribution in [0.25, 0.3) is 0 Å². The maximum atomic E-state index is 3.56. The molecule has 0 radical (unpaired) electrons. The van der Waals surface area contributed by atoms with Crippen molar-refractivity contribution in [1.82, 2.24) is 0 Å². The first kappa shape index (κ1) is 12.6. The predicted octanol–water partition coefficient (Wildman–Crippen LogP) is 3.89. The lowest BCUT2D eigenvalue weighted by Gasteiger charge is -1.76. The van der Waals surface area contributed by atoms with Gasteiger partial charge in [0.25, 0.3) is 0 Å². The first-order valence-corrected chi connectivity index (χ1v) is 3.68. The predicted molar refractivity (Wildman–Crippen MR) is 54.6 cm³/mol. The Hall–Kier alpha value is -1.04. The topological polar surface area (TPSA) is 0 Å². The minimum Gasteiger partial charge on any atom is -0.103 e. The average molecular weight is 150 g/mol. The van der Waals surface area contributed by atoms with Gasteiger partial charge in [-0.15, -0.1) is 13.2 Å². The Morgan fingerprint density at radius 2 is 1.36 bits per heavy atom. The fourth-order valence-corrected chi connectivity index (χ4v) is 0.236. The quantitative estimate of drug-likeness (QED) is 0.324. The van der Waals surface area contributed by atoms with Crippen LogP contribution in [0.4, 0.5) is 0 Å². The normalized spacial score (nSPS) is 7.00. The summed E-state index contributed by atoms with van der Waals surface area (Å²) in [7, 11) is 0. The van der Waals surface area contributed by atoms with E-state index in [1.54, 1.807) is 6.08 Å². The molecular formula is C11H18. The summed E-state index contributed by atoms with van der Waals surface area (Å²) in [6.07, 6.45) is 7.62. The molecule has 0 unspecified atom stereocenters. The number of allylic oxidation sites excluding steroid dienone is 4. The van der Waals surface area contributed by atoms with Gasteiger partial charge in [-0.05, 0) is 19.8 Å². The van der Waals surface area contributed by atoms with Crippen LogP contribution in [0, 0.1) is 0 Å². The second-order valence-electron chi connectivity index (χ2n) is 2.21. The highest BCUT2D eigenvalue weighted by Gasteiger charge is 1.66. The Kier molecular flexibility index (Phi) is 13.4. The monoisotopic (exact) mass is 150 g/mol. The van der Waals surface area contributed by atoms with Gasteiger partial charge in [0.2, 0.25) is 0 Å². The third kappa shape index (κ3) is 27.7. The van der Waals surface area contributed by atoms with Gasteiger partial charge in [0.05, 0.1) is 0 Å². The molecular weight excluding hydrogens is 132 g/mol. The van der Waals surface area contributed by atoms with E-state index in [0.29, 0.717) is 0 Å². The van der Waals surface area contributed by atoms with E-state index in [1.807, 2.05) is 19.1 Å². The van der Waals surface area contributed by atoms with Crippen LogP contribution in [0.5, 0.6) is 0 Å². The number of unbranched alkanes of at least 4 members (excludes halogenated alkanes) is 1. The van der Waals surface area contributed by atoms with E-state index in [4.69, 9.17) is 0 Å². The van der Waals surface area contributed by atoms with Gasteiger partial charge in [-0.25, -0.2) is 0 Å². The lowest BCUT2D eigenvalue weighted by atomic mass is 10.3. The van der Waals surface area contributed by atoms with Crippen molar-refractivity contribution in [3.05, 3.63) is 50.1 Å². The molecule has 0 saturated carbocycles. The van der Waals surface area contributed by atoms with Crippen molar-refractivity contribution in [2.24, 2.45) is 0 Å². The lowest BCUT2D eigenvalue weighted by Crippen LogP contribution is -1.56. The van der Waals surface area contributed by atoms with Crippen molar-refractivity contribution < 1.29 is 0 Å². The lowest BCUT2D eigenvalue weighted by molar-refractivity contribution is 1.06. The Labute approximate surface area is 70.6 Å². The van der Waals surface area contributed by atoms with Crippen molar-refractivity contribution >= 4 is 0 Å². The summed E-state index contributed by atoms with van der Waals surface area (Å²) in [6.45, 7) is 16.0. The molecule has 0 aromatic carbocycles. The van der Waals surface area contributed by atoms with Crippen molar-refractivity contribution in [2.45, 2.75) is 19.8 Å². The standard InChI is InChI=1S/C6H10.C5H8/c1-3-5-6-4-2;1-4-5(2)3/h3-4H,1-2,5-6H2;4H,1-2H2,3H3. The van der Waals surface area contributed by atoms with Crippen molar-refractivity contribution in [2.75, 3.05) is 0 Å². The summed E-state index contributed by atoms with van der Waals surface area (Å²) in [4.78, 5) is 0. The summed E-state index contributed by atoms with van der Waals surface area (Å²) >= 11 is 0. The fraction of sp³-hybridized carbons (Fsp3) is 0.273. The number of rotatable bonds is 4. The third-order valence-corrected chi connectivity index (χ3v) is 0.923. The highest BCUT2D eigenvalue weighted by Crippen LogP contribution is 1.86. The van der Waals surface area contributed by atoms with Crippen LogP contribution in [-0.4, -0.2) is 0 Å². The third-order valence-electron chi connectivity index (χ3n) is 0.923. The van der Waals surface area contributed by atoms with Crippen molar-refractivity contribution in [1.29, 1.82) is 0 Å². The van der Waals surface area contributed by atoms with Gasteiger partial charge in [-0.1, -0.05) is 37.0 Å². The van der Waals surface area contributed by atoms with Crippen molar-refractivity contribution in [3.8, 4) is 0 Å². The summed E-state index contributed by atoms with van der Waals surface area (Å²) in [5.74, 6) is 0. The Morgan fingerprint density at radius 3 is 1.45 bits per heavy atom. The highest BCUT2D eigenvalue weighted by molar-refractivity contribution is 5.05. The molecule has 0 spiro atoms. The molecule has 0 aliphatic heterocycles. The van der Waals surface area contributed by atoms with E-state index in [0.717, 1.165) is 18.4 Å². The van der Waals surface area contributed by atoms with Gasteiger partial charge in [-0.2, -0.15) is 0 Å². The second kappa shape index (κ2) is 11.7. The van der Waals surface area contributed by atoms with Gasteiger partial charge in [0.1, 0.15) is 0 Å². The minimum absolute atomic E-state index is 1.02. The second-order valence-corrected chi connectivity index (χ2v) is 2.21. The maximum absolute atomic E-state index is 3.56. The molecule has 0 N–H and O–H groups in total. The maximum Gasteiger partial charge on any atom is -0.0319 e. The highest BCUT2D eigenvalue weighted by atomic mass is 13.7. The molecule has 0 aliphatic carbocycles. The van der Waals surface area contributed by atoms with Crippen LogP contribution in [0.1, 0.15) is 19.8 Å². The molecule has 0 amide bonds. The number of hydrogen-bond acceptors (Lipinski definition) is 0. The van der Waals surface area contributed by atoms with E-state index in [2.05, 4.69) is 26.3 Å². The van der Waals surface area contributed by atoms with Gasteiger partial charge in [0.15, 0.2) is 0 Å². The Bertz CT molecular complexity index is 121. The molecule has 0 aliphatic rings. The molecule has 0 nitrogen and oxygen atoms in total. The van der Waals surface area contributed by atoms with Crippen LogP contribution in [0.3, 0.4) is 0 Å². The molecule has 0 saturated heterocycles. The molecule has 0 aromatic heterocycles. The molecule has 0 heteroatoms. The van der Waals surface area contributed by atoms with Crippen molar-refractivity contribution in [3.63, 3.8) is 0 Å². The van der Waals surface area contributed by atoms with E-state index in [9.17, 15) is 0 Å². The fourth-order valence-electron chi connectivity index (χ4n) is 0.236.